The van der Waals surface area contributed by atoms with Gasteiger partial charge in [0, 0.05) is 18.4 Å². The first-order valence-corrected chi connectivity index (χ1v) is 6.81. The topological polar surface area (TPSA) is 54.9 Å². The van der Waals surface area contributed by atoms with Crippen LogP contribution in [-0.4, -0.2) is 21.9 Å². The van der Waals surface area contributed by atoms with Crippen molar-refractivity contribution in [3.63, 3.8) is 0 Å². The number of hydrogen-bond acceptors (Lipinski definition) is 3. The highest BCUT2D eigenvalue weighted by Gasteiger charge is 2.42. The Labute approximate surface area is 107 Å². The molecule has 2 aliphatic rings. The Morgan fingerprint density at radius 2 is 2.28 bits per heavy atom. The minimum atomic E-state index is -0.0987. The third-order valence-electron chi connectivity index (χ3n) is 4.59. The summed E-state index contributed by atoms with van der Waals surface area (Å²) in [4.78, 5) is 20.0. The maximum absolute atomic E-state index is 12.0. The van der Waals surface area contributed by atoms with E-state index in [4.69, 9.17) is 0 Å². The van der Waals surface area contributed by atoms with Crippen LogP contribution in [0.4, 0.5) is 0 Å². The van der Waals surface area contributed by atoms with Gasteiger partial charge in [-0.05, 0) is 43.9 Å². The Kier molecular flexibility index (Phi) is 3.02. The van der Waals surface area contributed by atoms with Crippen LogP contribution in [0.1, 0.15) is 43.1 Å². The fraction of sp³-hybridized carbons (Fsp3) is 0.643. The van der Waals surface area contributed by atoms with Crippen LogP contribution in [0.15, 0.2) is 18.6 Å². The second-order valence-electron chi connectivity index (χ2n) is 5.69. The standard InChI is InChI=1S/C14H19N3O/c1-9(12-7-10-2-3-11(12)6-10)17-14(18)13-8-15-4-5-16-13/h4-5,8-12H,2-3,6-7H2,1H3,(H,17,18). The van der Waals surface area contributed by atoms with E-state index in [0.717, 1.165) is 11.8 Å². The summed E-state index contributed by atoms with van der Waals surface area (Å²) in [5.41, 5.74) is 0.410. The Morgan fingerprint density at radius 1 is 1.39 bits per heavy atom. The number of nitrogens with one attached hydrogen (secondary N) is 1. The third-order valence-corrected chi connectivity index (χ3v) is 4.59. The Hall–Kier alpha value is -1.45. The van der Waals surface area contributed by atoms with Gasteiger partial charge in [0.2, 0.25) is 0 Å². The third kappa shape index (κ3) is 2.11. The smallest absolute Gasteiger partial charge is 0.271 e. The molecule has 2 fully saturated rings. The summed E-state index contributed by atoms with van der Waals surface area (Å²) >= 11 is 0. The van der Waals surface area contributed by atoms with Gasteiger partial charge in [-0.25, -0.2) is 4.98 Å². The molecule has 1 aromatic rings. The molecule has 0 aromatic carbocycles. The number of aromatic nitrogens is 2. The van der Waals surface area contributed by atoms with Gasteiger partial charge in [-0.3, -0.25) is 9.78 Å². The predicted molar refractivity (Wildman–Crippen MR) is 67.9 cm³/mol. The van der Waals surface area contributed by atoms with Crippen molar-refractivity contribution in [3.05, 3.63) is 24.3 Å². The molecule has 1 amide bonds. The van der Waals surface area contributed by atoms with E-state index in [9.17, 15) is 4.79 Å². The van der Waals surface area contributed by atoms with Crippen LogP contribution < -0.4 is 5.32 Å². The van der Waals surface area contributed by atoms with Gasteiger partial charge in [-0.1, -0.05) is 6.42 Å². The van der Waals surface area contributed by atoms with Crippen molar-refractivity contribution in [1.82, 2.24) is 15.3 Å². The van der Waals surface area contributed by atoms with E-state index in [0.29, 0.717) is 11.6 Å². The van der Waals surface area contributed by atoms with Crippen molar-refractivity contribution in [2.24, 2.45) is 17.8 Å². The van der Waals surface area contributed by atoms with E-state index in [1.165, 1.54) is 31.9 Å². The van der Waals surface area contributed by atoms with Gasteiger partial charge in [0.1, 0.15) is 5.69 Å². The minimum absolute atomic E-state index is 0.0987. The molecule has 3 rings (SSSR count). The van der Waals surface area contributed by atoms with E-state index < -0.39 is 0 Å². The largest absolute Gasteiger partial charge is 0.348 e. The maximum atomic E-state index is 12.0. The average molecular weight is 245 g/mol. The van der Waals surface area contributed by atoms with Crippen molar-refractivity contribution >= 4 is 5.91 Å². The molecule has 1 N–H and O–H groups in total. The normalized spacial score (nSPS) is 31.3. The van der Waals surface area contributed by atoms with E-state index in [2.05, 4.69) is 22.2 Å². The summed E-state index contributed by atoms with van der Waals surface area (Å²) < 4.78 is 0. The van der Waals surface area contributed by atoms with Gasteiger partial charge in [-0.15, -0.1) is 0 Å². The molecule has 96 valence electrons. The van der Waals surface area contributed by atoms with Gasteiger partial charge in [-0.2, -0.15) is 0 Å². The number of nitrogens with zero attached hydrogens (tertiary/aromatic N) is 2. The second kappa shape index (κ2) is 4.67. The number of amides is 1. The highest BCUT2D eigenvalue weighted by Crippen LogP contribution is 2.49. The molecule has 4 heteroatoms. The molecule has 2 aliphatic carbocycles. The molecule has 2 saturated carbocycles. The van der Waals surface area contributed by atoms with Gasteiger partial charge >= 0.3 is 0 Å². The lowest BCUT2D eigenvalue weighted by Crippen LogP contribution is -2.40. The predicted octanol–water partition coefficient (Wildman–Crippen LogP) is 2.03. The van der Waals surface area contributed by atoms with Gasteiger partial charge in [0.15, 0.2) is 0 Å². The first kappa shape index (κ1) is 11.6. The van der Waals surface area contributed by atoms with Gasteiger partial charge in [0.05, 0.1) is 6.20 Å². The maximum Gasteiger partial charge on any atom is 0.271 e. The molecule has 4 atom stereocenters. The summed E-state index contributed by atoms with van der Waals surface area (Å²) in [6, 6.07) is 0.245. The molecule has 1 heterocycles. The molecule has 18 heavy (non-hydrogen) atoms. The molecule has 2 bridgehead atoms. The molecule has 0 radical (unpaired) electrons. The molecular formula is C14H19N3O. The number of rotatable bonds is 3. The van der Waals surface area contributed by atoms with Gasteiger partial charge < -0.3 is 5.32 Å². The van der Waals surface area contributed by atoms with Crippen LogP contribution >= 0.6 is 0 Å². The van der Waals surface area contributed by atoms with Crippen molar-refractivity contribution in [2.75, 3.05) is 0 Å². The van der Waals surface area contributed by atoms with Crippen molar-refractivity contribution in [1.29, 1.82) is 0 Å². The summed E-state index contributed by atoms with van der Waals surface area (Å²) in [5.74, 6) is 2.30. The average Bonchev–Trinajstić information content (AvgIpc) is 3.02. The Bertz CT molecular complexity index is 434. The molecule has 4 nitrogen and oxygen atoms in total. The van der Waals surface area contributed by atoms with Crippen LogP contribution in [0.3, 0.4) is 0 Å². The van der Waals surface area contributed by atoms with E-state index in [1.807, 2.05) is 0 Å². The molecule has 0 spiro atoms. The summed E-state index contributed by atoms with van der Waals surface area (Å²) in [7, 11) is 0. The fourth-order valence-electron chi connectivity index (χ4n) is 3.71. The Morgan fingerprint density at radius 3 is 2.89 bits per heavy atom. The molecule has 0 aliphatic heterocycles. The van der Waals surface area contributed by atoms with Gasteiger partial charge in [0.25, 0.3) is 5.91 Å². The zero-order valence-electron chi connectivity index (χ0n) is 10.7. The molecular weight excluding hydrogens is 226 g/mol. The highest BCUT2D eigenvalue weighted by molar-refractivity contribution is 5.92. The molecule has 1 aromatic heterocycles. The molecule has 4 unspecified atom stereocenters. The lowest BCUT2D eigenvalue weighted by Gasteiger charge is -2.28. The number of fused-ring (bicyclic) bond motifs is 2. The first-order chi connectivity index (χ1) is 8.74. The number of carbonyl (C=O) groups is 1. The highest BCUT2D eigenvalue weighted by atomic mass is 16.1. The first-order valence-electron chi connectivity index (χ1n) is 6.81. The fourth-order valence-corrected chi connectivity index (χ4v) is 3.71. The van der Waals surface area contributed by atoms with Crippen LogP contribution in [-0.2, 0) is 0 Å². The Balaban J connectivity index is 1.61. The monoisotopic (exact) mass is 245 g/mol. The second-order valence-corrected chi connectivity index (χ2v) is 5.69. The zero-order valence-corrected chi connectivity index (χ0v) is 10.7. The summed E-state index contributed by atoms with van der Waals surface area (Å²) in [5, 5.41) is 3.08. The van der Waals surface area contributed by atoms with Crippen molar-refractivity contribution in [3.8, 4) is 0 Å². The summed E-state index contributed by atoms with van der Waals surface area (Å²) in [6.45, 7) is 2.12. The lowest BCUT2D eigenvalue weighted by atomic mass is 9.84. The van der Waals surface area contributed by atoms with E-state index in [1.54, 1.807) is 12.4 Å². The quantitative estimate of drug-likeness (QED) is 0.886. The minimum Gasteiger partial charge on any atom is -0.348 e. The van der Waals surface area contributed by atoms with Crippen molar-refractivity contribution in [2.45, 2.75) is 38.6 Å². The van der Waals surface area contributed by atoms with Crippen LogP contribution in [0.5, 0.6) is 0 Å². The summed E-state index contributed by atoms with van der Waals surface area (Å²) in [6.07, 6.45) is 10.0. The van der Waals surface area contributed by atoms with E-state index >= 15 is 0 Å². The van der Waals surface area contributed by atoms with Crippen LogP contribution in [0.25, 0.3) is 0 Å². The zero-order chi connectivity index (χ0) is 12.5. The molecule has 0 saturated heterocycles. The van der Waals surface area contributed by atoms with Crippen LogP contribution in [0.2, 0.25) is 0 Å². The number of carbonyl (C=O) groups excluding carboxylic acids is 1. The van der Waals surface area contributed by atoms with Crippen LogP contribution in [0, 0.1) is 17.8 Å². The van der Waals surface area contributed by atoms with E-state index in [-0.39, 0.29) is 11.9 Å². The SMILES string of the molecule is CC(NC(=O)c1cnccn1)C1CC2CCC1C2. The number of hydrogen-bond donors (Lipinski definition) is 1. The lowest BCUT2D eigenvalue weighted by molar-refractivity contribution is 0.0910. The van der Waals surface area contributed by atoms with Crippen molar-refractivity contribution < 1.29 is 4.79 Å².